The molecule has 0 aliphatic heterocycles. The molecule has 2 rings (SSSR count). The number of hydrogen-bond donors (Lipinski definition) is 1. The lowest BCUT2D eigenvalue weighted by Crippen LogP contribution is -2.04. The molecule has 1 aliphatic rings. The fourth-order valence-electron chi connectivity index (χ4n) is 2.04. The highest BCUT2D eigenvalue weighted by Crippen LogP contribution is 2.32. The third-order valence-electron chi connectivity index (χ3n) is 2.95. The number of aromatic nitrogens is 2. The first-order chi connectivity index (χ1) is 7.90. The van der Waals surface area contributed by atoms with Crippen LogP contribution in [-0.4, -0.2) is 22.5 Å². The lowest BCUT2D eigenvalue weighted by molar-refractivity contribution is 0.334. The largest absolute Gasteiger partial charge is 0.416 e. The second-order valence-corrected chi connectivity index (χ2v) is 5.28. The van der Waals surface area contributed by atoms with Crippen LogP contribution in [0.3, 0.4) is 0 Å². The fraction of sp³-hybridized carbons (Fsp3) is 0.818. The molecular weight excluding hydrogens is 222 g/mol. The summed E-state index contributed by atoms with van der Waals surface area (Å²) in [5, 5.41) is 8.92. The minimum absolute atomic E-state index is 0.505. The van der Waals surface area contributed by atoms with Crippen LogP contribution in [0.15, 0.2) is 9.64 Å². The van der Waals surface area contributed by atoms with E-state index in [0.717, 1.165) is 24.6 Å². The molecule has 0 atom stereocenters. The lowest BCUT2D eigenvalue weighted by atomic mass is 9.89. The van der Waals surface area contributed by atoms with E-state index < -0.39 is 0 Å². The Labute approximate surface area is 100 Å². The predicted molar refractivity (Wildman–Crippen MR) is 64.5 cm³/mol. The number of nitrogens with zero attached hydrogens (tertiary/aromatic N) is 2. The van der Waals surface area contributed by atoms with Crippen molar-refractivity contribution in [1.29, 1.82) is 0 Å². The zero-order valence-electron chi connectivity index (χ0n) is 9.52. The van der Waals surface area contributed by atoms with Crippen molar-refractivity contribution in [2.75, 3.05) is 12.3 Å². The van der Waals surface area contributed by atoms with Gasteiger partial charge in [0.05, 0.1) is 0 Å². The van der Waals surface area contributed by atoms with Crippen molar-refractivity contribution in [2.24, 2.45) is 5.73 Å². The van der Waals surface area contributed by atoms with Gasteiger partial charge in [-0.05, 0) is 25.8 Å². The number of nitrogens with two attached hydrogens (primary N) is 1. The summed E-state index contributed by atoms with van der Waals surface area (Å²) in [7, 11) is 0. The lowest BCUT2D eigenvalue weighted by Gasteiger charge is -2.17. The average molecular weight is 241 g/mol. The molecule has 1 fully saturated rings. The van der Waals surface area contributed by atoms with Gasteiger partial charge in [0, 0.05) is 11.7 Å². The maximum Gasteiger partial charge on any atom is 0.276 e. The number of rotatable bonds is 5. The molecule has 0 radical (unpaired) electrons. The minimum Gasteiger partial charge on any atom is -0.416 e. The third-order valence-corrected chi connectivity index (χ3v) is 3.86. The molecule has 0 spiro atoms. The van der Waals surface area contributed by atoms with Crippen LogP contribution in [0.4, 0.5) is 0 Å². The minimum atomic E-state index is 0.505. The van der Waals surface area contributed by atoms with E-state index in [9.17, 15) is 0 Å². The van der Waals surface area contributed by atoms with Crippen molar-refractivity contribution >= 4 is 11.8 Å². The summed E-state index contributed by atoms with van der Waals surface area (Å²) in [6.45, 7) is 0.719. The highest BCUT2D eigenvalue weighted by atomic mass is 32.2. The van der Waals surface area contributed by atoms with Gasteiger partial charge >= 0.3 is 0 Å². The third kappa shape index (κ3) is 3.22. The second-order valence-electron chi connectivity index (χ2n) is 4.23. The molecule has 4 nitrogen and oxygen atoms in total. The molecule has 0 bridgehead atoms. The summed E-state index contributed by atoms with van der Waals surface area (Å²) in [5.41, 5.74) is 5.43. The van der Waals surface area contributed by atoms with Crippen LogP contribution in [0.25, 0.3) is 0 Å². The molecule has 2 N–H and O–H groups in total. The zero-order chi connectivity index (χ0) is 11.2. The molecular formula is C11H19N3OS. The second kappa shape index (κ2) is 6.25. The maximum absolute atomic E-state index is 5.67. The Balaban J connectivity index is 1.85. The Morgan fingerprint density at radius 2 is 2.06 bits per heavy atom. The van der Waals surface area contributed by atoms with Crippen molar-refractivity contribution in [3.05, 3.63) is 5.89 Å². The highest BCUT2D eigenvalue weighted by molar-refractivity contribution is 7.99. The molecule has 0 unspecified atom stereocenters. The van der Waals surface area contributed by atoms with Crippen LogP contribution in [-0.2, 0) is 0 Å². The normalized spacial score (nSPS) is 17.8. The van der Waals surface area contributed by atoms with Crippen LogP contribution in [0.5, 0.6) is 0 Å². The summed E-state index contributed by atoms with van der Waals surface area (Å²) in [6, 6.07) is 0. The highest BCUT2D eigenvalue weighted by Gasteiger charge is 2.21. The van der Waals surface area contributed by atoms with Gasteiger partial charge in [-0.25, -0.2) is 0 Å². The predicted octanol–water partition coefficient (Wildman–Crippen LogP) is 2.56. The topological polar surface area (TPSA) is 64.9 Å². The van der Waals surface area contributed by atoms with E-state index in [1.54, 1.807) is 11.8 Å². The molecule has 1 heterocycles. The standard InChI is InChI=1S/C11H19N3OS/c12-7-4-8-16-11-14-13-10(15-11)9-5-2-1-3-6-9/h9H,1-8,12H2. The summed E-state index contributed by atoms with van der Waals surface area (Å²) in [6.07, 6.45) is 7.34. The van der Waals surface area contributed by atoms with E-state index in [1.807, 2.05) is 0 Å². The molecule has 0 saturated heterocycles. The Morgan fingerprint density at radius 1 is 1.25 bits per heavy atom. The first-order valence-electron chi connectivity index (χ1n) is 6.06. The van der Waals surface area contributed by atoms with Gasteiger partial charge in [0.25, 0.3) is 5.22 Å². The molecule has 0 amide bonds. The smallest absolute Gasteiger partial charge is 0.276 e. The Morgan fingerprint density at radius 3 is 2.81 bits per heavy atom. The van der Waals surface area contributed by atoms with Gasteiger partial charge in [-0.3, -0.25) is 0 Å². The molecule has 0 aromatic carbocycles. The van der Waals surface area contributed by atoms with Crippen LogP contribution in [0.2, 0.25) is 0 Å². The summed E-state index contributed by atoms with van der Waals surface area (Å²) in [5.74, 6) is 2.31. The first kappa shape index (κ1) is 11.9. The molecule has 1 saturated carbocycles. The van der Waals surface area contributed by atoms with E-state index in [-0.39, 0.29) is 0 Å². The number of hydrogen-bond acceptors (Lipinski definition) is 5. The van der Waals surface area contributed by atoms with Crippen molar-refractivity contribution in [1.82, 2.24) is 10.2 Å². The van der Waals surface area contributed by atoms with Crippen LogP contribution in [0.1, 0.15) is 50.3 Å². The van der Waals surface area contributed by atoms with Gasteiger partial charge in [0.2, 0.25) is 5.89 Å². The van der Waals surface area contributed by atoms with Crippen LogP contribution < -0.4 is 5.73 Å². The molecule has 90 valence electrons. The van der Waals surface area contributed by atoms with Crippen molar-refractivity contribution in [2.45, 2.75) is 49.7 Å². The van der Waals surface area contributed by atoms with Crippen molar-refractivity contribution < 1.29 is 4.42 Å². The molecule has 1 aromatic heterocycles. The Hall–Kier alpha value is -0.550. The molecule has 5 heteroatoms. The monoisotopic (exact) mass is 241 g/mol. The van der Waals surface area contributed by atoms with Gasteiger partial charge in [0.1, 0.15) is 0 Å². The SMILES string of the molecule is NCCCSc1nnc(C2CCCCC2)o1. The fourth-order valence-corrected chi connectivity index (χ4v) is 2.76. The molecule has 16 heavy (non-hydrogen) atoms. The molecule has 1 aliphatic carbocycles. The summed E-state index contributed by atoms with van der Waals surface area (Å²) >= 11 is 1.61. The van der Waals surface area contributed by atoms with Gasteiger partial charge in [-0.2, -0.15) is 0 Å². The summed E-state index contributed by atoms with van der Waals surface area (Å²) < 4.78 is 5.67. The average Bonchev–Trinajstić information content (AvgIpc) is 2.79. The summed E-state index contributed by atoms with van der Waals surface area (Å²) in [4.78, 5) is 0. The van der Waals surface area contributed by atoms with E-state index in [1.165, 1.54) is 32.1 Å². The zero-order valence-corrected chi connectivity index (χ0v) is 10.3. The number of thioether (sulfide) groups is 1. The first-order valence-corrected chi connectivity index (χ1v) is 7.05. The van der Waals surface area contributed by atoms with Crippen LogP contribution in [0, 0.1) is 0 Å². The Bertz CT molecular complexity index is 310. The van der Waals surface area contributed by atoms with Gasteiger partial charge in [-0.15, -0.1) is 10.2 Å². The van der Waals surface area contributed by atoms with Gasteiger partial charge in [-0.1, -0.05) is 31.0 Å². The van der Waals surface area contributed by atoms with Crippen molar-refractivity contribution in [3.8, 4) is 0 Å². The van der Waals surface area contributed by atoms with E-state index >= 15 is 0 Å². The van der Waals surface area contributed by atoms with Crippen LogP contribution >= 0.6 is 11.8 Å². The van der Waals surface area contributed by atoms with E-state index in [4.69, 9.17) is 10.2 Å². The van der Waals surface area contributed by atoms with Gasteiger partial charge in [0.15, 0.2) is 0 Å². The Kier molecular flexibility index (Phi) is 4.66. The maximum atomic E-state index is 5.67. The van der Waals surface area contributed by atoms with Gasteiger partial charge < -0.3 is 10.2 Å². The van der Waals surface area contributed by atoms with Crippen molar-refractivity contribution in [3.63, 3.8) is 0 Å². The molecule has 1 aromatic rings. The van der Waals surface area contributed by atoms with E-state index in [2.05, 4.69) is 10.2 Å². The van der Waals surface area contributed by atoms with E-state index in [0.29, 0.717) is 11.1 Å². The quantitative estimate of drug-likeness (QED) is 0.634.